The highest BCUT2D eigenvalue weighted by Crippen LogP contribution is 2.28. The summed E-state index contributed by atoms with van der Waals surface area (Å²) in [5, 5.41) is 7.32. The first-order chi connectivity index (χ1) is 16.3. The van der Waals surface area contributed by atoms with Gasteiger partial charge < -0.3 is 10.1 Å². The monoisotopic (exact) mass is 501 g/mol. The van der Waals surface area contributed by atoms with Crippen molar-refractivity contribution in [2.45, 2.75) is 25.5 Å². The van der Waals surface area contributed by atoms with E-state index in [4.69, 9.17) is 27.9 Å². The molecule has 0 aliphatic rings. The molecule has 0 spiro atoms. The van der Waals surface area contributed by atoms with Crippen LogP contribution in [0.15, 0.2) is 77.9 Å². The zero-order valence-electron chi connectivity index (χ0n) is 18.2. The maximum atomic E-state index is 13.0. The van der Waals surface area contributed by atoms with Gasteiger partial charge in [0, 0.05) is 11.4 Å². The molecule has 0 heterocycles. The van der Waals surface area contributed by atoms with Crippen LogP contribution in [0.2, 0.25) is 10.0 Å². The van der Waals surface area contributed by atoms with Gasteiger partial charge in [-0.15, -0.1) is 0 Å². The van der Waals surface area contributed by atoms with Crippen LogP contribution in [0.25, 0.3) is 0 Å². The highest BCUT2D eigenvalue weighted by Gasteiger charge is 2.25. The lowest BCUT2D eigenvalue weighted by atomic mass is 10.1. The molecule has 9 heteroatoms. The molecular weight excluding hydrogens is 480 g/mol. The molecule has 3 aromatic carbocycles. The first-order valence-electron chi connectivity index (χ1n) is 10.4. The van der Waals surface area contributed by atoms with Gasteiger partial charge in [-0.1, -0.05) is 65.7 Å². The highest BCUT2D eigenvalue weighted by molar-refractivity contribution is 6.35. The average molecular weight is 502 g/mol. The number of carbonyl (C=O) groups is 2. The molecule has 0 saturated carbocycles. The molecule has 0 aliphatic carbocycles. The average Bonchev–Trinajstić information content (AvgIpc) is 2.82. The Balaban J connectivity index is 1.68. The molecular formula is C25H22Cl2FN3O3. The second-order valence-electron chi connectivity index (χ2n) is 7.37. The summed E-state index contributed by atoms with van der Waals surface area (Å²) in [5.41, 5.74) is 3.87. The van der Waals surface area contributed by atoms with E-state index in [1.165, 1.54) is 36.5 Å². The third kappa shape index (κ3) is 7.57. The second kappa shape index (κ2) is 12.2. The van der Waals surface area contributed by atoms with Crippen molar-refractivity contribution in [1.82, 2.24) is 10.7 Å². The normalized spacial score (nSPS) is 12.7. The van der Waals surface area contributed by atoms with Gasteiger partial charge in [0.2, 0.25) is 0 Å². The van der Waals surface area contributed by atoms with Crippen LogP contribution in [-0.4, -0.2) is 30.2 Å². The topological polar surface area (TPSA) is 79.8 Å². The van der Waals surface area contributed by atoms with Gasteiger partial charge in [-0.3, -0.25) is 9.59 Å². The number of hydrazone groups is 1. The minimum absolute atomic E-state index is 0.235. The van der Waals surface area contributed by atoms with Crippen molar-refractivity contribution < 1.29 is 18.7 Å². The number of hydrogen-bond donors (Lipinski definition) is 2. The van der Waals surface area contributed by atoms with Crippen LogP contribution in [-0.2, 0) is 16.0 Å². The van der Waals surface area contributed by atoms with E-state index >= 15 is 0 Å². The lowest BCUT2D eigenvalue weighted by Crippen LogP contribution is -2.50. The van der Waals surface area contributed by atoms with E-state index in [0.29, 0.717) is 16.3 Å². The first-order valence-corrected chi connectivity index (χ1v) is 11.1. The SMILES string of the molecule is C[C@@H](Oc1ccc(Cl)cc1Cl)C(=O)N[C@H](Cc1ccccc1)C(=O)N/N=C\c1ccc(F)cc1. The Morgan fingerprint density at radius 3 is 2.41 bits per heavy atom. The van der Waals surface area contributed by atoms with Crippen molar-refractivity contribution in [2.75, 3.05) is 0 Å². The zero-order chi connectivity index (χ0) is 24.5. The first kappa shape index (κ1) is 25.2. The summed E-state index contributed by atoms with van der Waals surface area (Å²) >= 11 is 12.0. The quantitative estimate of drug-likeness (QED) is 0.327. The predicted octanol–water partition coefficient (Wildman–Crippen LogP) is 4.78. The third-order valence-corrected chi connectivity index (χ3v) is 5.27. The number of halogens is 3. The van der Waals surface area contributed by atoms with Gasteiger partial charge in [-0.2, -0.15) is 5.10 Å². The molecule has 6 nitrogen and oxygen atoms in total. The number of carbonyl (C=O) groups excluding carboxylic acids is 2. The van der Waals surface area contributed by atoms with Crippen LogP contribution in [0.1, 0.15) is 18.1 Å². The minimum Gasteiger partial charge on any atom is -0.479 e. The Labute approximate surface area is 206 Å². The van der Waals surface area contributed by atoms with Crippen molar-refractivity contribution in [3.63, 3.8) is 0 Å². The van der Waals surface area contributed by atoms with Gasteiger partial charge in [0.15, 0.2) is 6.10 Å². The summed E-state index contributed by atoms with van der Waals surface area (Å²) in [4.78, 5) is 25.6. The van der Waals surface area contributed by atoms with E-state index in [9.17, 15) is 14.0 Å². The molecule has 34 heavy (non-hydrogen) atoms. The van der Waals surface area contributed by atoms with Crippen molar-refractivity contribution in [2.24, 2.45) is 5.10 Å². The number of benzene rings is 3. The van der Waals surface area contributed by atoms with Crippen molar-refractivity contribution in [3.8, 4) is 5.75 Å². The van der Waals surface area contributed by atoms with Crippen molar-refractivity contribution in [1.29, 1.82) is 0 Å². The lowest BCUT2D eigenvalue weighted by molar-refractivity contribution is -0.132. The van der Waals surface area contributed by atoms with Gasteiger partial charge in [-0.25, -0.2) is 9.82 Å². The van der Waals surface area contributed by atoms with Gasteiger partial charge >= 0.3 is 0 Å². The van der Waals surface area contributed by atoms with Gasteiger partial charge in [-0.05, 0) is 48.4 Å². The number of hydrogen-bond acceptors (Lipinski definition) is 4. The fourth-order valence-corrected chi connectivity index (χ4v) is 3.41. The summed E-state index contributed by atoms with van der Waals surface area (Å²) in [7, 11) is 0. The molecule has 0 unspecified atom stereocenters. The highest BCUT2D eigenvalue weighted by atomic mass is 35.5. The zero-order valence-corrected chi connectivity index (χ0v) is 19.7. The number of nitrogens with one attached hydrogen (secondary N) is 2. The molecule has 0 bridgehead atoms. The lowest BCUT2D eigenvalue weighted by Gasteiger charge is -2.21. The molecule has 2 atom stereocenters. The van der Waals surface area contributed by atoms with Gasteiger partial charge in [0.25, 0.3) is 11.8 Å². The van der Waals surface area contributed by atoms with E-state index in [2.05, 4.69) is 15.8 Å². The second-order valence-corrected chi connectivity index (χ2v) is 8.22. The Morgan fingerprint density at radius 1 is 1.03 bits per heavy atom. The Kier molecular flexibility index (Phi) is 9.01. The summed E-state index contributed by atoms with van der Waals surface area (Å²) < 4.78 is 18.7. The summed E-state index contributed by atoms with van der Waals surface area (Å²) in [6.45, 7) is 1.55. The largest absolute Gasteiger partial charge is 0.479 e. The van der Waals surface area contributed by atoms with Crippen molar-refractivity contribution in [3.05, 3.63) is 99.8 Å². The van der Waals surface area contributed by atoms with Crippen LogP contribution in [0.4, 0.5) is 4.39 Å². The van der Waals surface area contributed by atoms with E-state index in [-0.39, 0.29) is 17.3 Å². The Hall–Kier alpha value is -3.42. The smallest absolute Gasteiger partial charge is 0.262 e. The van der Waals surface area contributed by atoms with Gasteiger partial charge in [0.1, 0.15) is 17.6 Å². The molecule has 0 saturated heterocycles. The van der Waals surface area contributed by atoms with E-state index in [0.717, 1.165) is 5.56 Å². The minimum atomic E-state index is -0.938. The summed E-state index contributed by atoms with van der Waals surface area (Å²) in [5.74, 6) is -1.11. The maximum Gasteiger partial charge on any atom is 0.262 e. The molecule has 0 aliphatic heterocycles. The van der Waals surface area contributed by atoms with E-state index in [1.54, 1.807) is 19.1 Å². The van der Waals surface area contributed by atoms with E-state index < -0.39 is 24.0 Å². The summed E-state index contributed by atoms with van der Waals surface area (Å²) in [6.07, 6.45) is 0.679. The molecule has 2 amide bonds. The van der Waals surface area contributed by atoms with E-state index in [1.807, 2.05) is 30.3 Å². The van der Waals surface area contributed by atoms with Gasteiger partial charge in [0.05, 0.1) is 11.2 Å². The fraction of sp³-hybridized carbons (Fsp3) is 0.160. The Bertz CT molecular complexity index is 1160. The predicted molar refractivity (Wildman–Crippen MR) is 131 cm³/mol. The molecule has 0 fully saturated rings. The molecule has 3 aromatic rings. The van der Waals surface area contributed by atoms with Crippen molar-refractivity contribution >= 4 is 41.2 Å². The summed E-state index contributed by atoms with van der Waals surface area (Å²) in [6, 6.07) is 18.6. The molecule has 0 radical (unpaired) electrons. The molecule has 2 N–H and O–H groups in total. The van der Waals surface area contributed by atoms with Crippen LogP contribution in [0.3, 0.4) is 0 Å². The Morgan fingerprint density at radius 2 is 1.74 bits per heavy atom. The molecule has 0 aromatic heterocycles. The number of amides is 2. The van der Waals surface area contributed by atoms with Crippen LogP contribution in [0.5, 0.6) is 5.75 Å². The fourth-order valence-electron chi connectivity index (χ4n) is 2.96. The van der Waals surface area contributed by atoms with Crippen LogP contribution in [0, 0.1) is 5.82 Å². The third-order valence-electron chi connectivity index (χ3n) is 4.74. The molecule has 176 valence electrons. The van der Waals surface area contributed by atoms with Crippen LogP contribution >= 0.6 is 23.2 Å². The number of ether oxygens (including phenoxy) is 1. The van der Waals surface area contributed by atoms with Crippen LogP contribution < -0.4 is 15.5 Å². The number of nitrogens with zero attached hydrogens (tertiary/aromatic N) is 1. The number of rotatable bonds is 9. The maximum absolute atomic E-state index is 13.0. The standard InChI is InChI=1S/C25H22Cl2FN3O3/c1-16(34-23-12-9-19(26)14-21(23)27)24(32)30-22(13-17-5-3-2-4-6-17)25(33)31-29-15-18-7-10-20(28)11-8-18/h2-12,14-16,22H,13H2,1H3,(H,30,32)(H,31,33)/b29-15-/t16-,22-/m1/s1. The molecule has 3 rings (SSSR count).